The van der Waals surface area contributed by atoms with Gasteiger partial charge in [-0.15, -0.1) is 0 Å². The molecular weight excluding hydrogens is 404 g/mol. The first-order valence-corrected chi connectivity index (χ1v) is 8.56. The van der Waals surface area contributed by atoms with Crippen LogP contribution in [-0.4, -0.2) is 36.9 Å². The summed E-state index contributed by atoms with van der Waals surface area (Å²) < 4.78 is 13.6. The van der Waals surface area contributed by atoms with Crippen molar-refractivity contribution in [1.82, 2.24) is 4.90 Å². The van der Waals surface area contributed by atoms with E-state index in [2.05, 4.69) is 10.6 Å². The van der Waals surface area contributed by atoms with E-state index in [1.807, 2.05) is 0 Å². The fraction of sp³-hybridized carbons (Fsp3) is 0.176. The Bertz CT molecular complexity index is 833. The van der Waals surface area contributed by atoms with Crippen LogP contribution in [0, 0.1) is 5.82 Å². The lowest BCUT2D eigenvalue weighted by atomic mass is 10.3. The van der Waals surface area contributed by atoms with Crippen molar-refractivity contribution in [3.8, 4) is 0 Å². The predicted octanol–water partition coefficient (Wildman–Crippen LogP) is 4.29. The van der Waals surface area contributed by atoms with Crippen molar-refractivity contribution in [1.29, 1.82) is 0 Å². The van der Waals surface area contributed by atoms with Crippen molar-refractivity contribution in [3.05, 3.63) is 57.3 Å². The number of amides is 2. The summed E-state index contributed by atoms with van der Waals surface area (Å²) in [6.45, 7) is -0.160. The zero-order valence-electron chi connectivity index (χ0n) is 13.7. The molecule has 2 N–H and O–H groups in total. The van der Waals surface area contributed by atoms with E-state index in [1.165, 1.54) is 23.1 Å². The normalized spacial score (nSPS) is 10.7. The molecule has 0 spiro atoms. The summed E-state index contributed by atoms with van der Waals surface area (Å²) in [5.74, 6) is -1.41. The molecule has 0 fully saturated rings. The van der Waals surface area contributed by atoms with Crippen LogP contribution in [0.2, 0.25) is 15.1 Å². The van der Waals surface area contributed by atoms with Crippen molar-refractivity contribution in [2.45, 2.75) is 0 Å². The van der Waals surface area contributed by atoms with Crippen LogP contribution >= 0.6 is 34.8 Å². The van der Waals surface area contributed by atoms with E-state index in [-0.39, 0.29) is 24.7 Å². The summed E-state index contributed by atoms with van der Waals surface area (Å²) in [5.41, 5.74) is 0.472. The molecule has 0 aromatic heterocycles. The van der Waals surface area contributed by atoms with Crippen LogP contribution in [0.4, 0.5) is 15.8 Å². The number of anilines is 2. The standard InChI is InChI=1S/C17H15Cl3FN3O2/c1-24(8-16(25)22-11-3-4-12(19)13(20)7-11)9-17(26)23-15-6-10(18)2-5-14(15)21/h2-7H,8-9H2,1H3,(H,22,25)(H,23,26). The zero-order chi connectivity index (χ0) is 19.3. The third-order valence-electron chi connectivity index (χ3n) is 3.23. The Labute approximate surface area is 165 Å². The molecular formula is C17H15Cl3FN3O2. The van der Waals surface area contributed by atoms with Gasteiger partial charge in [0.2, 0.25) is 11.8 Å². The van der Waals surface area contributed by atoms with E-state index in [4.69, 9.17) is 34.8 Å². The molecule has 2 aromatic rings. The van der Waals surface area contributed by atoms with Crippen LogP contribution in [-0.2, 0) is 9.59 Å². The molecule has 2 rings (SSSR count). The third kappa shape index (κ3) is 6.14. The van der Waals surface area contributed by atoms with Crippen LogP contribution in [0.25, 0.3) is 0 Å². The average Bonchev–Trinajstić information content (AvgIpc) is 2.54. The minimum Gasteiger partial charge on any atom is -0.325 e. The van der Waals surface area contributed by atoms with Crippen molar-refractivity contribution in [2.24, 2.45) is 0 Å². The second kappa shape index (κ2) is 9.19. The number of carbonyl (C=O) groups excluding carboxylic acids is 2. The third-order valence-corrected chi connectivity index (χ3v) is 4.21. The summed E-state index contributed by atoms with van der Waals surface area (Å²) >= 11 is 17.5. The molecule has 0 saturated heterocycles. The number of hydrogen-bond acceptors (Lipinski definition) is 3. The molecule has 0 aliphatic carbocycles. The van der Waals surface area contributed by atoms with Crippen LogP contribution < -0.4 is 10.6 Å². The van der Waals surface area contributed by atoms with Gasteiger partial charge in [-0.05, 0) is 43.4 Å². The first-order chi connectivity index (χ1) is 12.2. The van der Waals surface area contributed by atoms with Gasteiger partial charge < -0.3 is 10.6 Å². The largest absolute Gasteiger partial charge is 0.325 e. The molecule has 2 amide bonds. The summed E-state index contributed by atoms with van der Waals surface area (Å²) in [6.07, 6.45) is 0. The molecule has 0 atom stereocenters. The highest BCUT2D eigenvalue weighted by atomic mass is 35.5. The summed E-state index contributed by atoms with van der Waals surface area (Å²) in [5, 5.41) is 6.07. The Balaban J connectivity index is 1.85. The molecule has 0 heterocycles. The summed E-state index contributed by atoms with van der Waals surface area (Å²) in [6, 6.07) is 8.55. The van der Waals surface area contributed by atoms with E-state index in [0.29, 0.717) is 20.8 Å². The average molecular weight is 419 g/mol. The Hall–Kier alpha value is -1.86. The maximum absolute atomic E-state index is 13.6. The van der Waals surface area contributed by atoms with Crippen LogP contribution in [0.1, 0.15) is 0 Å². The number of benzene rings is 2. The number of halogens is 4. The maximum Gasteiger partial charge on any atom is 0.238 e. The molecule has 0 saturated carbocycles. The minimum absolute atomic E-state index is 0.0174. The van der Waals surface area contributed by atoms with Gasteiger partial charge in [-0.3, -0.25) is 14.5 Å². The number of nitrogens with zero attached hydrogens (tertiary/aromatic N) is 1. The quantitative estimate of drug-likeness (QED) is 0.735. The molecule has 0 unspecified atom stereocenters. The monoisotopic (exact) mass is 417 g/mol. The van der Waals surface area contributed by atoms with E-state index >= 15 is 0 Å². The number of carbonyl (C=O) groups is 2. The molecule has 0 radical (unpaired) electrons. The molecule has 2 aromatic carbocycles. The van der Waals surface area contributed by atoms with Crippen LogP contribution in [0.15, 0.2) is 36.4 Å². The predicted molar refractivity (Wildman–Crippen MR) is 103 cm³/mol. The maximum atomic E-state index is 13.6. The summed E-state index contributed by atoms with van der Waals surface area (Å²) in [7, 11) is 1.59. The minimum atomic E-state index is -0.595. The molecule has 0 bridgehead atoms. The Kier molecular flexibility index (Phi) is 7.23. The van der Waals surface area contributed by atoms with Gasteiger partial charge in [-0.2, -0.15) is 0 Å². The molecule has 0 aliphatic rings. The Morgan fingerprint density at radius 1 is 0.962 bits per heavy atom. The first kappa shape index (κ1) is 20.5. The zero-order valence-corrected chi connectivity index (χ0v) is 15.9. The Morgan fingerprint density at radius 2 is 1.62 bits per heavy atom. The molecule has 138 valence electrons. The van der Waals surface area contributed by atoms with Gasteiger partial charge in [-0.25, -0.2) is 4.39 Å². The van der Waals surface area contributed by atoms with Crippen LogP contribution in [0.5, 0.6) is 0 Å². The lowest BCUT2D eigenvalue weighted by Gasteiger charge is -2.16. The van der Waals surface area contributed by atoms with Gasteiger partial charge in [0, 0.05) is 10.7 Å². The highest BCUT2D eigenvalue weighted by molar-refractivity contribution is 6.42. The summed E-state index contributed by atoms with van der Waals surface area (Å²) in [4.78, 5) is 25.5. The van der Waals surface area contributed by atoms with Gasteiger partial charge in [0.05, 0.1) is 28.8 Å². The second-order valence-electron chi connectivity index (χ2n) is 5.52. The molecule has 0 aliphatic heterocycles. The molecule has 5 nitrogen and oxygen atoms in total. The van der Waals surface area contributed by atoms with Gasteiger partial charge in [-0.1, -0.05) is 34.8 Å². The van der Waals surface area contributed by atoms with Crippen molar-refractivity contribution >= 4 is 58.0 Å². The highest BCUT2D eigenvalue weighted by Crippen LogP contribution is 2.25. The number of likely N-dealkylation sites (N-methyl/N-ethyl adjacent to an activating group) is 1. The molecule has 9 heteroatoms. The van der Waals surface area contributed by atoms with Crippen molar-refractivity contribution in [2.75, 3.05) is 30.8 Å². The Morgan fingerprint density at radius 3 is 2.27 bits per heavy atom. The van der Waals surface area contributed by atoms with Crippen molar-refractivity contribution < 1.29 is 14.0 Å². The van der Waals surface area contributed by atoms with Crippen molar-refractivity contribution in [3.63, 3.8) is 0 Å². The number of rotatable bonds is 6. The topological polar surface area (TPSA) is 61.4 Å². The van der Waals surface area contributed by atoms with Crippen LogP contribution in [0.3, 0.4) is 0 Å². The fourth-order valence-electron chi connectivity index (χ4n) is 2.10. The first-order valence-electron chi connectivity index (χ1n) is 7.43. The lowest BCUT2D eigenvalue weighted by molar-refractivity contribution is -0.119. The van der Waals surface area contributed by atoms with E-state index in [0.717, 1.165) is 6.07 Å². The SMILES string of the molecule is CN(CC(=O)Nc1ccc(Cl)c(Cl)c1)CC(=O)Nc1cc(Cl)ccc1F. The fourth-order valence-corrected chi connectivity index (χ4v) is 2.57. The number of nitrogens with one attached hydrogen (secondary N) is 2. The highest BCUT2D eigenvalue weighted by Gasteiger charge is 2.13. The van der Waals surface area contributed by atoms with Gasteiger partial charge in [0.15, 0.2) is 0 Å². The van der Waals surface area contributed by atoms with E-state index in [9.17, 15) is 14.0 Å². The van der Waals surface area contributed by atoms with E-state index < -0.39 is 11.7 Å². The van der Waals surface area contributed by atoms with Gasteiger partial charge in [0.25, 0.3) is 0 Å². The van der Waals surface area contributed by atoms with Gasteiger partial charge in [0.1, 0.15) is 5.82 Å². The second-order valence-corrected chi connectivity index (χ2v) is 6.77. The molecule has 26 heavy (non-hydrogen) atoms. The smallest absolute Gasteiger partial charge is 0.238 e. The number of hydrogen-bond donors (Lipinski definition) is 2. The van der Waals surface area contributed by atoms with Gasteiger partial charge >= 0.3 is 0 Å². The van der Waals surface area contributed by atoms with E-state index in [1.54, 1.807) is 19.2 Å². The lowest BCUT2D eigenvalue weighted by Crippen LogP contribution is -2.36.